The average molecular weight is 257 g/mol. The Balaban J connectivity index is 5.00. The van der Waals surface area contributed by atoms with Crippen molar-refractivity contribution in [3.8, 4) is 0 Å². The lowest BCUT2D eigenvalue weighted by Crippen LogP contribution is -1.90. The number of nitrogens with zero attached hydrogens (tertiary/aromatic N) is 1. The molecule has 0 aromatic carbocycles. The van der Waals surface area contributed by atoms with Gasteiger partial charge in [-0.3, -0.25) is 4.99 Å². The van der Waals surface area contributed by atoms with E-state index in [1.54, 1.807) is 0 Å². The number of allylic oxidation sites excluding steroid dienone is 8. The van der Waals surface area contributed by atoms with Crippen LogP contribution in [-0.2, 0) is 0 Å². The zero-order valence-corrected chi connectivity index (χ0v) is 12.9. The van der Waals surface area contributed by atoms with E-state index in [4.69, 9.17) is 0 Å². The SMILES string of the molecule is C=C/C(=C\C=C/C)C(=C)C=N/C(CC)=C(\C)CCC. The van der Waals surface area contributed by atoms with E-state index < -0.39 is 0 Å². The van der Waals surface area contributed by atoms with Gasteiger partial charge in [-0.15, -0.1) is 0 Å². The Morgan fingerprint density at radius 3 is 2.42 bits per heavy atom. The normalized spacial score (nSPS) is 14.0. The van der Waals surface area contributed by atoms with Gasteiger partial charge in [0.05, 0.1) is 0 Å². The van der Waals surface area contributed by atoms with Gasteiger partial charge in [0.2, 0.25) is 0 Å². The molecule has 19 heavy (non-hydrogen) atoms. The van der Waals surface area contributed by atoms with E-state index in [2.05, 4.69) is 38.9 Å². The van der Waals surface area contributed by atoms with Crippen molar-refractivity contribution < 1.29 is 0 Å². The van der Waals surface area contributed by atoms with Crippen LogP contribution in [-0.4, -0.2) is 6.21 Å². The highest BCUT2D eigenvalue weighted by Gasteiger charge is 1.99. The third kappa shape index (κ3) is 6.76. The molecule has 0 spiro atoms. The quantitative estimate of drug-likeness (QED) is 0.386. The smallest absolute Gasteiger partial charge is 0.0390 e. The molecule has 0 aliphatic heterocycles. The molecule has 0 aliphatic rings. The topological polar surface area (TPSA) is 12.4 Å². The van der Waals surface area contributed by atoms with Crippen molar-refractivity contribution in [1.29, 1.82) is 0 Å². The highest BCUT2D eigenvalue weighted by atomic mass is 14.7. The van der Waals surface area contributed by atoms with Gasteiger partial charge in [0.25, 0.3) is 0 Å². The third-order valence-electron chi connectivity index (χ3n) is 2.89. The molecule has 0 bridgehead atoms. The molecule has 104 valence electrons. The van der Waals surface area contributed by atoms with Gasteiger partial charge in [0, 0.05) is 11.9 Å². The van der Waals surface area contributed by atoms with E-state index in [9.17, 15) is 0 Å². The van der Waals surface area contributed by atoms with Crippen LogP contribution in [0.5, 0.6) is 0 Å². The summed E-state index contributed by atoms with van der Waals surface area (Å²) >= 11 is 0. The molecular formula is C18H27N. The predicted molar refractivity (Wildman–Crippen MR) is 88.6 cm³/mol. The lowest BCUT2D eigenvalue weighted by atomic mass is 10.1. The van der Waals surface area contributed by atoms with E-state index in [0.717, 1.165) is 36.1 Å². The molecule has 0 heterocycles. The van der Waals surface area contributed by atoms with Gasteiger partial charge < -0.3 is 0 Å². The van der Waals surface area contributed by atoms with Crippen molar-refractivity contribution in [1.82, 2.24) is 0 Å². The molecule has 0 saturated carbocycles. The molecule has 0 aromatic heterocycles. The fraction of sp³-hybridized carbons (Fsp3) is 0.389. The number of hydrogen-bond acceptors (Lipinski definition) is 1. The molecular weight excluding hydrogens is 230 g/mol. The van der Waals surface area contributed by atoms with Crippen molar-refractivity contribution in [3.05, 3.63) is 59.9 Å². The van der Waals surface area contributed by atoms with E-state index in [1.165, 1.54) is 5.57 Å². The zero-order valence-electron chi connectivity index (χ0n) is 12.9. The highest BCUT2D eigenvalue weighted by Crippen LogP contribution is 2.16. The summed E-state index contributed by atoms with van der Waals surface area (Å²) < 4.78 is 0. The van der Waals surface area contributed by atoms with Gasteiger partial charge in [-0.1, -0.05) is 63.3 Å². The lowest BCUT2D eigenvalue weighted by Gasteiger charge is -2.05. The third-order valence-corrected chi connectivity index (χ3v) is 2.89. The van der Waals surface area contributed by atoms with Crippen LogP contribution in [0.3, 0.4) is 0 Å². The first-order chi connectivity index (χ1) is 9.10. The summed E-state index contributed by atoms with van der Waals surface area (Å²) in [5.41, 5.74) is 4.43. The molecule has 0 fully saturated rings. The first-order valence-electron chi connectivity index (χ1n) is 6.97. The van der Waals surface area contributed by atoms with Gasteiger partial charge in [-0.2, -0.15) is 0 Å². The minimum Gasteiger partial charge on any atom is -0.261 e. The molecule has 1 heteroatoms. The lowest BCUT2D eigenvalue weighted by molar-refractivity contribution is 0.868. The summed E-state index contributed by atoms with van der Waals surface area (Å²) in [6.45, 7) is 16.3. The first-order valence-corrected chi connectivity index (χ1v) is 6.97. The summed E-state index contributed by atoms with van der Waals surface area (Å²) in [5.74, 6) is 0. The molecule has 0 N–H and O–H groups in total. The molecule has 1 nitrogen and oxygen atoms in total. The Bertz CT molecular complexity index is 417. The van der Waals surface area contributed by atoms with E-state index in [-0.39, 0.29) is 0 Å². The van der Waals surface area contributed by atoms with E-state index in [1.807, 2.05) is 37.4 Å². The van der Waals surface area contributed by atoms with Crippen LogP contribution in [0.4, 0.5) is 0 Å². The van der Waals surface area contributed by atoms with Crippen LogP contribution in [0.1, 0.15) is 47.0 Å². The van der Waals surface area contributed by atoms with Gasteiger partial charge >= 0.3 is 0 Å². The maximum atomic E-state index is 4.58. The van der Waals surface area contributed by atoms with Crippen molar-refractivity contribution >= 4 is 6.21 Å². The van der Waals surface area contributed by atoms with Crippen LogP contribution in [0.2, 0.25) is 0 Å². The largest absolute Gasteiger partial charge is 0.261 e. The molecule has 0 rings (SSSR count). The summed E-state index contributed by atoms with van der Waals surface area (Å²) in [6, 6.07) is 0. The number of rotatable bonds is 8. The summed E-state index contributed by atoms with van der Waals surface area (Å²) in [5, 5.41) is 0. The monoisotopic (exact) mass is 257 g/mol. The Morgan fingerprint density at radius 2 is 1.95 bits per heavy atom. The van der Waals surface area contributed by atoms with Crippen molar-refractivity contribution in [2.75, 3.05) is 0 Å². The van der Waals surface area contributed by atoms with E-state index in [0.29, 0.717) is 0 Å². The zero-order chi connectivity index (χ0) is 14.7. The maximum Gasteiger partial charge on any atom is 0.0390 e. The van der Waals surface area contributed by atoms with Crippen molar-refractivity contribution in [3.63, 3.8) is 0 Å². The van der Waals surface area contributed by atoms with Crippen LogP contribution < -0.4 is 0 Å². The molecule has 0 amide bonds. The molecule has 0 aliphatic carbocycles. The molecule has 0 radical (unpaired) electrons. The fourth-order valence-corrected chi connectivity index (χ4v) is 1.76. The van der Waals surface area contributed by atoms with Crippen molar-refractivity contribution in [2.45, 2.75) is 47.0 Å². The van der Waals surface area contributed by atoms with E-state index >= 15 is 0 Å². The highest BCUT2D eigenvalue weighted by molar-refractivity contribution is 5.85. The van der Waals surface area contributed by atoms with Crippen LogP contribution in [0.25, 0.3) is 0 Å². The van der Waals surface area contributed by atoms with Gasteiger partial charge in [-0.05, 0) is 37.8 Å². The summed E-state index contributed by atoms with van der Waals surface area (Å²) in [6.07, 6.45) is 12.8. The molecule has 0 saturated heterocycles. The van der Waals surface area contributed by atoms with Gasteiger partial charge in [0.15, 0.2) is 0 Å². The number of hydrogen-bond donors (Lipinski definition) is 0. The fourth-order valence-electron chi connectivity index (χ4n) is 1.76. The second kappa shape index (κ2) is 10.3. The van der Waals surface area contributed by atoms with Crippen LogP contribution >= 0.6 is 0 Å². The molecule has 0 unspecified atom stereocenters. The van der Waals surface area contributed by atoms with Gasteiger partial charge in [-0.25, -0.2) is 0 Å². The Morgan fingerprint density at radius 1 is 1.26 bits per heavy atom. The Hall–Kier alpha value is -1.63. The Kier molecular flexibility index (Phi) is 9.42. The minimum atomic E-state index is 0.892. The summed E-state index contributed by atoms with van der Waals surface area (Å²) in [7, 11) is 0. The predicted octanol–water partition coefficient (Wildman–Crippen LogP) is 5.79. The standard InChI is InChI=1S/C18H27N/c1-7-11-13-17(9-3)16(6)14-19-18(10-4)15(5)12-8-2/h7,9,11,13-14H,3,6,8,10,12H2,1-2,4-5H3/b11-7-,17-13+,18-15+,19-14?. The number of aliphatic imine (C=N–C) groups is 1. The van der Waals surface area contributed by atoms with Crippen LogP contribution in [0.15, 0.2) is 64.9 Å². The Labute approximate surface area is 118 Å². The first kappa shape index (κ1) is 17.4. The molecule has 0 aromatic rings. The second-order valence-electron chi connectivity index (χ2n) is 4.47. The molecule has 0 atom stereocenters. The summed E-state index contributed by atoms with van der Waals surface area (Å²) in [4.78, 5) is 4.58. The van der Waals surface area contributed by atoms with Crippen molar-refractivity contribution in [2.24, 2.45) is 4.99 Å². The average Bonchev–Trinajstić information content (AvgIpc) is 2.40. The minimum absolute atomic E-state index is 0.892. The maximum absolute atomic E-state index is 4.58. The van der Waals surface area contributed by atoms with Crippen LogP contribution in [0, 0.1) is 0 Å². The van der Waals surface area contributed by atoms with Gasteiger partial charge in [0.1, 0.15) is 0 Å². The second-order valence-corrected chi connectivity index (χ2v) is 4.47.